The third kappa shape index (κ3) is 8.03. The highest BCUT2D eigenvalue weighted by Crippen LogP contribution is 2.52. The van der Waals surface area contributed by atoms with Crippen LogP contribution in [0.1, 0.15) is 73.1 Å². The monoisotopic (exact) mass is 529 g/mol. The van der Waals surface area contributed by atoms with Crippen LogP contribution in [0.25, 0.3) is 0 Å². The number of amides is 1. The maximum absolute atomic E-state index is 14.7. The number of rotatable bonds is 13. The van der Waals surface area contributed by atoms with E-state index in [0.717, 1.165) is 56.4 Å². The Morgan fingerprint density at radius 3 is 2.55 bits per heavy atom. The van der Waals surface area contributed by atoms with Crippen molar-refractivity contribution in [1.82, 2.24) is 15.3 Å². The molecule has 0 radical (unpaired) electrons. The second-order valence-corrected chi connectivity index (χ2v) is 11.9. The van der Waals surface area contributed by atoms with E-state index in [0.29, 0.717) is 19.2 Å². The maximum atomic E-state index is 14.7. The van der Waals surface area contributed by atoms with E-state index in [1.807, 2.05) is 24.3 Å². The van der Waals surface area contributed by atoms with Crippen LogP contribution in [0.4, 0.5) is 21.8 Å². The summed E-state index contributed by atoms with van der Waals surface area (Å²) in [7, 11) is 1.63. The topological polar surface area (TPSA) is 97.4 Å². The summed E-state index contributed by atoms with van der Waals surface area (Å²) >= 11 is 0. The number of nitrogens with one attached hydrogen (secondary N) is 3. The van der Waals surface area contributed by atoms with Gasteiger partial charge in [0.2, 0.25) is 12.4 Å². The predicted octanol–water partition coefficient (Wildman–Crippen LogP) is 6.08. The number of aromatic nitrogens is 2. The first-order valence-corrected chi connectivity index (χ1v) is 13.5. The summed E-state index contributed by atoms with van der Waals surface area (Å²) in [6.45, 7) is 12.1. The minimum Gasteiger partial charge on any atom is -0.491 e. The molecule has 38 heavy (non-hydrogen) atoms. The van der Waals surface area contributed by atoms with Crippen molar-refractivity contribution in [3.05, 3.63) is 36.3 Å². The standard InChI is InChI=1S/C29H44FN5O3/c1-27(2,19-28(3,4)32-20-36)29(5)14-7-8-21(13-15-29)33-25-24(30)18-31-26(35-25)34-22-9-11-23(12-10-22)38-17-16-37-6/h9-12,18,20-21H,7-8,13-17,19H2,1-6H3,(H,32,36)(H2,31,33,34,35). The molecule has 1 heterocycles. The molecule has 9 heteroatoms. The molecule has 2 atom stereocenters. The third-order valence-corrected chi connectivity index (χ3v) is 8.04. The maximum Gasteiger partial charge on any atom is 0.229 e. The molecule has 210 valence electrons. The minimum atomic E-state index is -0.466. The average Bonchev–Trinajstić information content (AvgIpc) is 3.04. The number of halogens is 1. The summed E-state index contributed by atoms with van der Waals surface area (Å²) in [4.78, 5) is 19.6. The molecular formula is C29H44FN5O3. The normalized spacial score (nSPS) is 20.3. The highest BCUT2D eigenvalue weighted by Gasteiger charge is 2.44. The van der Waals surface area contributed by atoms with Crippen LogP contribution in [0.5, 0.6) is 5.75 Å². The van der Waals surface area contributed by atoms with Crippen LogP contribution in [0.15, 0.2) is 30.5 Å². The average molecular weight is 530 g/mol. The first-order valence-electron chi connectivity index (χ1n) is 13.5. The van der Waals surface area contributed by atoms with Crippen LogP contribution in [-0.2, 0) is 9.53 Å². The first-order chi connectivity index (χ1) is 18.0. The molecule has 0 bridgehead atoms. The minimum absolute atomic E-state index is 0.0169. The van der Waals surface area contributed by atoms with Crippen molar-refractivity contribution in [2.45, 2.75) is 84.7 Å². The fraction of sp³-hybridized carbons (Fsp3) is 0.621. The van der Waals surface area contributed by atoms with E-state index in [4.69, 9.17) is 9.47 Å². The molecule has 3 rings (SSSR count). The van der Waals surface area contributed by atoms with Gasteiger partial charge in [0.25, 0.3) is 0 Å². The van der Waals surface area contributed by atoms with Gasteiger partial charge in [0.1, 0.15) is 12.4 Å². The van der Waals surface area contributed by atoms with Gasteiger partial charge in [-0.1, -0.05) is 27.2 Å². The number of benzene rings is 1. The molecular weight excluding hydrogens is 485 g/mol. The van der Waals surface area contributed by atoms with E-state index in [1.54, 1.807) is 7.11 Å². The lowest BCUT2D eigenvalue weighted by Crippen LogP contribution is -2.47. The lowest BCUT2D eigenvalue weighted by Gasteiger charge is -2.48. The van der Waals surface area contributed by atoms with E-state index in [1.165, 1.54) is 6.20 Å². The van der Waals surface area contributed by atoms with Crippen LogP contribution >= 0.6 is 0 Å². The molecule has 1 fully saturated rings. The molecule has 1 aromatic heterocycles. The fourth-order valence-electron chi connectivity index (χ4n) is 5.58. The van der Waals surface area contributed by atoms with Crippen LogP contribution in [0, 0.1) is 16.6 Å². The Balaban J connectivity index is 1.62. The van der Waals surface area contributed by atoms with Gasteiger partial charge in [-0.15, -0.1) is 0 Å². The molecule has 3 N–H and O–H groups in total. The van der Waals surface area contributed by atoms with Gasteiger partial charge in [-0.2, -0.15) is 4.98 Å². The summed E-state index contributed by atoms with van der Waals surface area (Å²) in [6, 6.07) is 7.54. The fourth-order valence-corrected chi connectivity index (χ4v) is 5.58. The van der Waals surface area contributed by atoms with Gasteiger partial charge in [0.05, 0.1) is 12.8 Å². The van der Waals surface area contributed by atoms with Crippen molar-refractivity contribution in [2.75, 3.05) is 31.0 Å². The summed E-state index contributed by atoms with van der Waals surface area (Å²) in [6.07, 6.45) is 7.85. The predicted molar refractivity (Wildman–Crippen MR) is 149 cm³/mol. The van der Waals surface area contributed by atoms with Crippen molar-refractivity contribution in [3.63, 3.8) is 0 Å². The molecule has 1 amide bonds. The van der Waals surface area contributed by atoms with Gasteiger partial charge in [-0.25, -0.2) is 9.37 Å². The van der Waals surface area contributed by atoms with Crippen LogP contribution < -0.4 is 20.7 Å². The lowest BCUT2D eigenvalue weighted by molar-refractivity contribution is -0.111. The summed E-state index contributed by atoms with van der Waals surface area (Å²) < 4.78 is 25.3. The van der Waals surface area contributed by atoms with Crippen LogP contribution in [-0.4, -0.2) is 48.3 Å². The van der Waals surface area contributed by atoms with Gasteiger partial charge >= 0.3 is 0 Å². The van der Waals surface area contributed by atoms with Gasteiger partial charge in [0.15, 0.2) is 11.6 Å². The van der Waals surface area contributed by atoms with Crippen molar-refractivity contribution in [1.29, 1.82) is 0 Å². The molecule has 1 aliphatic rings. The van der Waals surface area contributed by atoms with Crippen molar-refractivity contribution >= 4 is 23.9 Å². The molecule has 0 saturated heterocycles. The zero-order valence-electron chi connectivity index (χ0n) is 23.7. The molecule has 1 aromatic carbocycles. The Hall–Kier alpha value is -2.94. The molecule has 8 nitrogen and oxygen atoms in total. The Morgan fingerprint density at radius 2 is 1.87 bits per heavy atom. The number of carbonyl (C=O) groups is 1. The first kappa shape index (κ1) is 29.6. The molecule has 1 saturated carbocycles. The number of methoxy groups -OCH3 is 1. The van der Waals surface area contributed by atoms with E-state index in [9.17, 15) is 9.18 Å². The summed E-state index contributed by atoms with van der Waals surface area (Å²) in [5, 5.41) is 9.46. The highest BCUT2D eigenvalue weighted by atomic mass is 19.1. The highest BCUT2D eigenvalue weighted by molar-refractivity contribution is 5.56. The van der Waals surface area contributed by atoms with Crippen molar-refractivity contribution in [3.8, 4) is 5.75 Å². The quantitative estimate of drug-likeness (QED) is 0.164. The summed E-state index contributed by atoms with van der Waals surface area (Å²) in [5.41, 5.74) is 0.620. The van der Waals surface area contributed by atoms with E-state index >= 15 is 0 Å². The number of ether oxygens (including phenoxy) is 2. The van der Waals surface area contributed by atoms with E-state index < -0.39 is 5.82 Å². The Kier molecular flexibility index (Phi) is 9.93. The van der Waals surface area contributed by atoms with E-state index in [2.05, 4.69) is 60.5 Å². The molecule has 2 aromatic rings. The number of anilines is 3. The second kappa shape index (κ2) is 12.7. The van der Waals surface area contributed by atoms with Crippen LogP contribution in [0.2, 0.25) is 0 Å². The van der Waals surface area contributed by atoms with Crippen molar-refractivity contribution < 1.29 is 18.7 Å². The number of nitrogens with zero attached hydrogens (tertiary/aromatic N) is 2. The Morgan fingerprint density at radius 1 is 1.13 bits per heavy atom. The second-order valence-electron chi connectivity index (χ2n) is 11.9. The van der Waals surface area contributed by atoms with Gasteiger partial charge in [-0.05, 0) is 81.0 Å². The van der Waals surface area contributed by atoms with Crippen molar-refractivity contribution in [2.24, 2.45) is 10.8 Å². The molecule has 0 spiro atoms. The molecule has 0 aliphatic heterocycles. The van der Waals surface area contributed by atoms with Gasteiger partial charge in [0, 0.05) is 24.4 Å². The van der Waals surface area contributed by atoms with Gasteiger partial charge in [-0.3, -0.25) is 4.79 Å². The molecule has 1 aliphatic carbocycles. The largest absolute Gasteiger partial charge is 0.491 e. The number of hydrogen-bond donors (Lipinski definition) is 3. The zero-order chi connectivity index (χ0) is 27.8. The SMILES string of the molecule is COCCOc1ccc(Nc2ncc(F)c(NC3CCCC(C)(C(C)(C)CC(C)(C)NC=O)CC3)n2)cc1. The number of carbonyl (C=O) groups excluding carboxylic acids is 1. The lowest BCUT2D eigenvalue weighted by atomic mass is 9.59. The van der Waals surface area contributed by atoms with E-state index in [-0.39, 0.29) is 28.2 Å². The Bertz CT molecular complexity index is 1050. The Labute approximate surface area is 226 Å². The number of hydrogen-bond acceptors (Lipinski definition) is 7. The third-order valence-electron chi connectivity index (χ3n) is 8.04. The zero-order valence-corrected chi connectivity index (χ0v) is 23.7. The van der Waals surface area contributed by atoms with Gasteiger partial charge < -0.3 is 25.4 Å². The summed E-state index contributed by atoms with van der Waals surface area (Å²) in [5.74, 6) is 0.811. The smallest absolute Gasteiger partial charge is 0.229 e. The van der Waals surface area contributed by atoms with Crippen LogP contribution in [0.3, 0.4) is 0 Å². The molecule has 2 unspecified atom stereocenters.